The highest BCUT2D eigenvalue weighted by Gasteiger charge is 2.27. The Balaban J connectivity index is 1.62. The molecule has 1 aliphatic heterocycles. The average molecular weight is 399 g/mol. The maximum atomic E-state index is 9.20. The van der Waals surface area contributed by atoms with Gasteiger partial charge in [-0.15, -0.1) is 11.3 Å². The third-order valence-electron chi connectivity index (χ3n) is 6.27. The van der Waals surface area contributed by atoms with E-state index in [1.54, 1.807) is 17.7 Å². The molecule has 7 heteroatoms. The van der Waals surface area contributed by atoms with E-state index in [-0.39, 0.29) is 6.61 Å². The van der Waals surface area contributed by atoms with E-state index in [4.69, 9.17) is 9.97 Å². The molecule has 0 unspecified atom stereocenters. The zero-order valence-electron chi connectivity index (χ0n) is 16.7. The molecule has 0 bridgehead atoms. The van der Waals surface area contributed by atoms with Gasteiger partial charge in [-0.3, -0.25) is 0 Å². The molecule has 148 valence electrons. The van der Waals surface area contributed by atoms with E-state index in [0.29, 0.717) is 5.92 Å². The number of anilines is 1. The highest BCUT2D eigenvalue weighted by atomic mass is 32.1. The van der Waals surface area contributed by atoms with E-state index in [1.165, 1.54) is 38.2 Å². The molecule has 3 aromatic heterocycles. The second kappa shape index (κ2) is 7.21. The van der Waals surface area contributed by atoms with Crippen LogP contribution in [0.15, 0.2) is 6.33 Å². The van der Waals surface area contributed by atoms with Crippen LogP contribution in [0.2, 0.25) is 0 Å². The molecule has 0 atom stereocenters. The summed E-state index contributed by atoms with van der Waals surface area (Å²) in [7, 11) is 0. The lowest BCUT2D eigenvalue weighted by atomic mass is 9.99. The van der Waals surface area contributed by atoms with E-state index in [2.05, 4.69) is 23.7 Å². The predicted molar refractivity (Wildman–Crippen MR) is 114 cm³/mol. The first-order valence-electron chi connectivity index (χ1n) is 10.5. The Morgan fingerprint density at radius 3 is 2.71 bits per heavy atom. The van der Waals surface area contributed by atoms with Gasteiger partial charge in [-0.25, -0.2) is 15.0 Å². The van der Waals surface area contributed by atoms with E-state index in [0.717, 1.165) is 61.7 Å². The second-order valence-corrected chi connectivity index (χ2v) is 9.33. The number of thiophene rings is 1. The topological polar surface area (TPSA) is 66.6 Å². The lowest BCUT2D eigenvalue weighted by molar-refractivity contribution is -0.900. The van der Waals surface area contributed by atoms with Gasteiger partial charge in [0, 0.05) is 11.1 Å². The first kappa shape index (κ1) is 18.2. The van der Waals surface area contributed by atoms with Crippen molar-refractivity contribution in [2.75, 3.05) is 44.2 Å². The number of aliphatic hydroxyl groups is 1. The van der Waals surface area contributed by atoms with Crippen molar-refractivity contribution in [1.29, 1.82) is 0 Å². The summed E-state index contributed by atoms with van der Waals surface area (Å²) in [6.45, 7) is 9.63. The normalized spacial score (nSPS) is 17.9. The number of piperazine rings is 1. The summed E-state index contributed by atoms with van der Waals surface area (Å²) in [5.74, 6) is 1.52. The van der Waals surface area contributed by atoms with Crippen LogP contribution in [-0.4, -0.2) is 59.4 Å². The van der Waals surface area contributed by atoms with Crippen LogP contribution in [0.5, 0.6) is 0 Å². The van der Waals surface area contributed by atoms with Crippen molar-refractivity contribution in [3.8, 4) is 0 Å². The molecule has 0 spiro atoms. The minimum absolute atomic E-state index is 0.262. The molecule has 6 nitrogen and oxygen atoms in total. The van der Waals surface area contributed by atoms with Crippen LogP contribution in [0, 0.1) is 0 Å². The number of quaternary nitrogens is 1. The molecular formula is C21H28N5OS+. The number of hydrogen-bond donors (Lipinski definition) is 2. The molecule has 0 radical (unpaired) electrons. The quantitative estimate of drug-likeness (QED) is 0.698. The van der Waals surface area contributed by atoms with Gasteiger partial charge in [-0.2, -0.15) is 0 Å². The summed E-state index contributed by atoms with van der Waals surface area (Å²) < 4.78 is 1.19. The Labute approximate surface area is 169 Å². The summed E-state index contributed by atoms with van der Waals surface area (Å²) in [6.07, 6.45) is 5.24. The first-order valence-corrected chi connectivity index (χ1v) is 11.3. The fraction of sp³-hybridized carbons (Fsp3) is 0.571. The Hall–Kier alpha value is -1.83. The highest BCUT2D eigenvalue weighted by molar-refractivity contribution is 7.26. The Morgan fingerprint density at radius 1 is 1.18 bits per heavy atom. The van der Waals surface area contributed by atoms with E-state index < -0.39 is 0 Å². The molecule has 1 aliphatic carbocycles. The van der Waals surface area contributed by atoms with E-state index in [9.17, 15) is 5.11 Å². The van der Waals surface area contributed by atoms with Crippen LogP contribution in [0.3, 0.4) is 0 Å². The Kier molecular flexibility index (Phi) is 4.69. The van der Waals surface area contributed by atoms with Gasteiger partial charge in [0.15, 0.2) is 5.82 Å². The van der Waals surface area contributed by atoms with E-state index in [1.807, 2.05) is 0 Å². The maximum absolute atomic E-state index is 9.20. The SMILES string of the molecule is CC(C)c1nc2sc3c(N4CC[NH+](CCO)CC4)ncnc3c2c2c1CCC2. The number of nitrogens with zero attached hydrogens (tertiary/aromatic N) is 4. The molecule has 1 saturated heterocycles. The zero-order chi connectivity index (χ0) is 19.3. The van der Waals surface area contributed by atoms with Gasteiger partial charge in [0.1, 0.15) is 17.7 Å². The minimum Gasteiger partial charge on any atom is -0.391 e. The van der Waals surface area contributed by atoms with Crippen molar-refractivity contribution in [2.24, 2.45) is 0 Å². The molecular weight excluding hydrogens is 370 g/mol. The average Bonchev–Trinajstić information content (AvgIpc) is 3.32. The van der Waals surface area contributed by atoms with Gasteiger partial charge in [-0.05, 0) is 36.3 Å². The van der Waals surface area contributed by atoms with Gasteiger partial charge in [0.25, 0.3) is 0 Å². The molecule has 0 amide bonds. The molecule has 5 rings (SSSR count). The number of aromatic nitrogens is 3. The third-order valence-corrected chi connectivity index (χ3v) is 7.34. The number of pyridine rings is 1. The van der Waals surface area contributed by atoms with Crippen LogP contribution in [0.25, 0.3) is 20.4 Å². The fourth-order valence-corrected chi connectivity index (χ4v) is 6.04. The van der Waals surface area contributed by atoms with Crippen molar-refractivity contribution >= 4 is 37.6 Å². The standard InChI is InChI=1S/C21H27N5OS/c1-13(2)17-15-5-3-4-14(15)16-18-19(28-21(16)24-17)20(23-12-22-18)26-8-6-25(7-9-26)10-11-27/h12-13,27H,3-11H2,1-2H3/p+1. The molecule has 2 aliphatic rings. The molecule has 0 saturated carbocycles. The molecule has 28 heavy (non-hydrogen) atoms. The fourth-order valence-electron chi connectivity index (χ4n) is 4.86. The van der Waals surface area contributed by atoms with Crippen molar-refractivity contribution in [3.05, 3.63) is 23.1 Å². The largest absolute Gasteiger partial charge is 0.391 e. The zero-order valence-corrected chi connectivity index (χ0v) is 17.5. The number of rotatable bonds is 4. The number of fused-ring (bicyclic) bond motifs is 5. The number of hydrogen-bond acceptors (Lipinski definition) is 6. The highest BCUT2D eigenvalue weighted by Crippen LogP contribution is 2.42. The smallest absolute Gasteiger partial charge is 0.150 e. The van der Waals surface area contributed by atoms with Crippen molar-refractivity contribution in [2.45, 2.75) is 39.0 Å². The van der Waals surface area contributed by atoms with Gasteiger partial charge in [-0.1, -0.05) is 13.8 Å². The molecule has 2 N–H and O–H groups in total. The summed E-state index contributed by atoms with van der Waals surface area (Å²) in [5, 5.41) is 10.5. The summed E-state index contributed by atoms with van der Waals surface area (Å²) >= 11 is 1.77. The van der Waals surface area contributed by atoms with Crippen molar-refractivity contribution in [3.63, 3.8) is 0 Å². The molecule has 1 fully saturated rings. The number of nitrogens with one attached hydrogen (secondary N) is 1. The monoisotopic (exact) mass is 398 g/mol. The Morgan fingerprint density at radius 2 is 1.96 bits per heavy atom. The summed E-state index contributed by atoms with van der Waals surface area (Å²) in [5.41, 5.74) is 5.34. The lowest BCUT2D eigenvalue weighted by Crippen LogP contribution is -3.15. The first-order chi connectivity index (χ1) is 13.7. The summed E-state index contributed by atoms with van der Waals surface area (Å²) in [6, 6.07) is 0. The van der Waals surface area contributed by atoms with E-state index >= 15 is 0 Å². The minimum atomic E-state index is 0.262. The van der Waals surface area contributed by atoms with Crippen LogP contribution in [0.4, 0.5) is 5.82 Å². The van der Waals surface area contributed by atoms with Crippen LogP contribution < -0.4 is 9.80 Å². The third kappa shape index (κ3) is 2.88. The van der Waals surface area contributed by atoms with Crippen molar-refractivity contribution < 1.29 is 10.0 Å². The number of aliphatic hydroxyl groups excluding tert-OH is 1. The second-order valence-electron chi connectivity index (χ2n) is 8.33. The predicted octanol–water partition coefficient (Wildman–Crippen LogP) is 1.55. The molecule has 0 aromatic carbocycles. The maximum Gasteiger partial charge on any atom is 0.150 e. The van der Waals surface area contributed by atoms with Gasteiger partial charge in [0.05, 0.1) is 43.0 Å². The Bertz CT molecular complexity index is 1020. The van der Waals surface area contributed by atoms with Gasteiger partial charge in [0.2, 0.25) is 0 Å². The van der Waals surface area contributed by atoms with Crippen LogP contribution in [-0.2, 0) is 12.8 Å². The van der Waals surface area contributed by atoms with Crippen LogP contribution in [0.1, 0.15) is 43.0 Å². The number of aryl methyl sites for hydroxylation is 1. The molecule has 3 aromatic rings. The summed E-state index contributed by atoms with van der Waals surface area (Å²) in [4.78, 5) is 19.5. The van der Waals surface area contributed by atoms with Crippen molar-refractivity contribution in [1.82, 2.24) is 15.0 Å². The van der Waals surface area contributed by atoms with Crippen LogP contribution >= 0.6 is 11.3 Å². The van der Waals surface area contributed by atoms with Gasteiger partial charge < -0.3 is 14.9 Å². The lowest BCUT2D eigenvalue weighted by Gasteiger charge is -2.32. The van der Waals surface area contributed by atoms with Gasteiger partial charge >= 0.3 is 0 Å². The molecule has 4 heterocycles.